The number of ether oxygens (including phenoxy) is 2. The highest BCUT2D eigenvalue weighted by molar-refractivity contribution is 5.73. The number of hydrogen-bond acceptors (Lipinski definition) is 6. The van der Waals surface area contributed by atoms with E-state index in [9.17, 15) is 15.0 Å². The van der Waals surface area contributed by atoms with Crippen molar-refractivity contribution in [2.75, 3.05) is 13.2 Å². The van der Waals surface area contributed by atoms with E-state index in [2.05, 4.69) is 11.2 Å². The fraction of sp³-hybridized carbons (Fsp3) is 0.727. The van der Waals surface area contributed by atoms with Crippen molar-refractivity contribution in [3.05, 3.63) is 0 Å². The van der Waals surface area contributed by atoms with Crippen LogP contribution < -0.4 is 5.32 Å². The normalized spacial score (nSPS) is 35.8. The Labute approximate surface area is 105 Å². The molecule has 0 saturated carbocycles. The summed E-state index contributed by atoms with van der Waals surface area (Å²) in [5.41, 5.74) is 0. The van der Waals surface area contributed by atoms with Gasteiger partial charge in [-0.25, -0.2) is 0 Å². The van der Waals surface area contributed by atoms with Crippen molar-refractivity contribution in [3.63, 3.8) is 0 Å². The summed E-state index contributed by atoms with van der Waals surface area (Å²) in [4.78, 5) is 11.0. The van der Waals surface area contributed by atoms with Crippen LogP contribution in [0.4, 0.5) is 0 Å². The van der Waals surface area contributed by atoms with Gasteiger partial charge in [0.15, 0.2) is 6.29 Å². The molecule has 1 rings (SSSR count). The van der Waals surface area contributed by atoms with Gasteiger partial charge in [0.05, 0.1) is 6.61 Å². The fourth-order valence-corrected chi connectivity index (χ4v) is 1.74. The van der Waals surface area contributed by atoms with Crippen molar-refractivity contribution < 1.29 is 29.6 Å². The molecule has 5 unspecified atom stereocenters. The predicted octanol–water partition coefficient (Wildman–Crippen LogP) is -2.42. The van der Waals surface area contributed by atoms with Crippen LogP contribution in [0.1, 0.15) is 6.92 Å². The minimum atomic E-state index is -1.32. The number of carbonyl (C=O) groups is 1. The average Bonchev–Trinajstić information content (AvgIpc) is 2.33. The Hall–Kier alpha value is -1.17. The molecule has 0 radical (unpaired) electrons. The van der Waals surface area contributed by atoms with Gasteiger partial charge in [-0.1, -0.05) is 5.92 Å². The fourth-order valence-electron chi connectivity index (χ4n) is 1.74. The molecule has 1 heterocycles. The second-order valence-electron chi connectivity index (χ2n) is 3.95. The smallest absolute Gasteiger partial charge is 0.217 e. The van der Waals surface area contributed by atoms with Gasteiger partial charge in [-0.2, -0.15) is 0 Å². The Kier molecular flexibility index (Phi) is 5.53. The van der Waals surface area contributed by atoms with Crippen molar-refractivity contribution in [1.82, 2.24) is 5.32 Å². The lowest BCUT2D eigenvalue weighted by Gasteiger charge is -2.41. The lowest BCUT2D eigenvalue weighted by Crippen LogP contribution is -2.64. The molecule has 0 spiro atoms. The molecule has 1 fully saturated rings. The number of hydrogen-bond donors (Lipinski definition) is 4. The largest absolute Gasteiger partial charge is 0.394 e. The molecule has 0 aromatic rings. The van der Waals surface area contributed by atoms with Gasteiger partial charge in [0.2, 0.25) is 5.91 Å². The number of carbonyl (C=O) groups excluding carboxylic acids is 1. The van der Waals surface area contributed by atoms with Gasteiger partial charge in [0, 0.05) is 6.92 Å². The van der Waals surface area contributed by atoms with E-state index < -0.39 is 43.2 Å². The Morgan fingerprint density at radius 1 is 1.50 bits per heavy atom. The van der Waals surface area contributed by atoms with Crippen LogP contribution in [-0.2, 0) is 14.3 Å². The molecule has 5 atom stereocenters. The molecule has 0 aromatic heterocycles. The molecule has 0 aliphatic carbocycles. The van der Waals surface area contributed by atoms with E-state index in [0.717, 1.165) is 0 Å². The molecule has 1 aliphatic rings. The summed E-state index contributed by atoms with van der Waals surface area (Å²) < 4.78 is 10.4. The third-order valence-corrected chi connectivity index (χ3v) is 2.58. The topological polar surface area (TPSA) is 108 Å². The minimum Gasteiger partial charge on any atom is -0.394 e. The van der Waals surface area contributed by atoms with E-state index >= 15 is 0 Å². The quantitative estimate of drug-likeness (QED) is 0.418. The SMILES string of the molecule is C#CCOC1OC(CO)C(O)C(O)C1NC(C)=O. The summed E-state index contributed by atoms with van der Waals surface area (Å²) in [6, 6.07) is -0.950. The Balaban J connectivity index is 2.80. The average molecular weight is 259 g/mol. The maximum absolute atomic E-state index is 11.0. The van der Waals surface area contributed by atoms with Gasteiger partial charge in [-0.3, -0.25) is 4.79 Å². The number of aliphatic hydroxyl groups excluding tert-OH is 3. The van der Waals surface area contributed by atoms with E-state index in [-0.39, 0.29) is 6.61 Å². The van der Waals surface area contributed by atoms with Crippen LogP contribution in [0, 0.1) is 12.3 Å². The highest BCUT2D eigenvalue weighted by Gasteiger charge is 2.45. The number of terminal acetylenes is 1. The van der Waals surface area contributed by atoms with Gasteiger partial charge < -0.3 is 30.1 Å². The van der Waals surface area contributed by atoms with Gasteiger partial charge in [-0.05, 0) is 0 Å². The first-order valence-electron chi connectivity index (χ1n) is 5.46. The van der Waals surface area contributed by atoms with E-state index in [0.29, 0.717) is 0 Å². The third-order valence-electron chi connectivity index (χ3n) is 2.58. The maximum Gasteiger partial charge on any atom is 0.217 e. The van der Waals surface area contributed by atoms with Crippen molar-refractivity contribution in [1.29, 1.82) is 0 Å². The van der Waals surface area contributed by atoms with Gasteiger partial charge in [0.1, 0.15) is 31.0 Å². The Bertz CT molecular complexity index is 328. The summed E-state index contributed by atoms with van der Waals surface area (Å²) in [7, 11) is 0. The minimum absolute atomic E-state index is 0.0816. The molecule has 4 N–H and O–H groups in total. The number of nitrogens with one attached hydrogen (secondary N) is 1. The van der Waals surface area contributed by atoms with Crippen LogP contribution in [0.2, 0.25) is 0 Å². The molecule has 7 heteroatoms. The number of rotatable bonds is 4. The van der Waals surface area contributed by atoms with Crippen LogP contribution in [0.3, 0.4) is 0 Å². The van der Waals surface area contributed by atoms with Crippen molar-refractivity contribution in [2.24, 2.45) is 0 Å². The van der Waals surface area contributed by atoms with Crippen molar-refractivity contribution in [2.45, 2.75) is 37.6 Å². The summed E-state index contributed by atoms with van der Waals surface area (Å²) >= 11 is 0. The van der Waals surface area contributed by atoms with E-state index in [4.69, 9.17) is 21.0 Å². The molecular weight excluding hydrogens is 242 g/mol. The van der Waals surface area contributed by atoms with Gasteiger partial charge in [-0.15, -0.1) is 6.42 Å². The first-order valence-corrected chi connectivity index (χ1v) is 5.46. The second kappa shape index (κ2) is 6.68. The third kappa shape index (κ3) is 3.41. The lowest BCUT2D eigenvalue weighted by atomic mass is 9.97. The molecule has 7 nitrogen and oxygen atoms in total. The molecular formula is C11H17NO6. The molecule has 0 aromatic carbocycles. The molecule has 0 bridgehead atoms. The first-order chi connectivity index (χ1) is 8.51. The standard InChI is InChI=1S/C11H17NO6/c1-3-4-17-11-8(12-6(2)14)10(16)9(15)7(5-13)18-11/h1,7-11,13,15-16H,4-5H2,2H3,(H,12,14). The van der Waals surface area contributed by atoms with Crippen LogP contribution >= 0.6 is 0 Å². The molecule has 18 heavy (non-hydrogen) atoms. The first kappa shape index (κ1) is 14.9. The monoisotopic (exact) mass is 259 g/mol. The molecule has 1 aliphatic heterocycles. The van der Waals surface area contributed by atoms with Crippen LogP contribution in [0.5, 0.6) is 0 Å². The summed E-state index contributed by atoms with van der Waals surface area (Å²) in [6.07, 6.45) is 0.383. The van der Waals surface area contributed by atoms with Crippen molar-refractivity contribution >= 4 is 5.91 Å². The summed E-state index contributed by atoms with van der Waals surface area (Å²) in [5.74, 6) is 1.82. The number of amides is 1. The lowest BCUT2D eigenvalue weighted by molar-refractivity contribution is -0.266. The predicted molar refractivity (Wildman–Crippen MR) is 60.2 cm³/mol. The second-order valence-corrected chi connectivity index (χ2v) is 3.95. The van der Waals surface area contributed by atoms with Crippen LogP contribution in [-0.4, -0.2) is 65.1 Å². The highest BCUT2D eigenvalue weighted by atomic mass is 16.7. The van der Waals surface area contributed by atoms with Gasteiger partial charge >= 0.3 is 0 Å². The van der Waals surface area contributed by atoms with E-state index in [1.807, 2.05) is 0 Å². The molecule has 1 amide bonds. The van der Waals surface area contributed by atoms with Crippen LogP contribution in [0.15, 0.2) is 0 Å². The van der Waals surface area contributed by atoms with Gasteiger partial charge in [0.25, 0.3) is 0 Å². The zero-order valence-corrected chi connectivity index (χ0v) is 9.94. The maximum atomic E-state index is 11.0. The van der Waals surface area contributed by atoms with E-state index in [1.54, 1.807) is 0 Å². The molecule has 1 saturated heterocycles. The Morgan fingerprint density at radius 3 is 2.67 bits per heavy atom. The Morgan fingerprint density at radius 2 is 2.17 bits per heavy atom. The summed E-state index contributed by atoms with van der Waals surface area (Å²) in [5, 5.41) is 31.0. The highest BCUT2D eigenvalue weighted by Crippen LogP contribution is 2.21. The van der Waals surface area contributed by atoms with Crippen molar-refractivity contribution in [3.8, 4) is 12.3 Å². The van der Waals surface area contributed by atoms with Crippen LogP contribution in [0.25, 0.3) is 0 Å². The zero-order valence-electron chi connectivity index (χ0n) is 9.94. The molecule has 102 valence electrons. The van der Waals surface area contributed by atoms with E-state index in [1.165, 1.54) is 6.92 Å². The summed E-state index contributed by atoms with van der Waals surface area (Å²) in [6.45, 7) is 0.693. The number of aliphatic hydroxyl groups is 3. The zero-order chi connectivity index (χ0) is 13.7.